The summed E-state index contributed by atoms with van der Waals surface area (Å²) >= 11 is 0. The topological polar surface area (TPSA) is 92.7 Å². The van der Waals surface area contributed by atoms with Gasteiger partial charge in [-0.1, -0.05) is 42.5 Å². The quantitative estimate of drug-likeness (QED) is 0.650. The average Bonchev–Trinajstić information content (AvgIpc) is 2.71. The highest BCUT2D eigenvalue weighted by molar-refractivity contribution is 7.89. The number of aliphatic carboxylic acids is 1. The Hall–Kier alpha value is -2.90. The van der Waals surface area contributed by atoms with E-state index in [1.54, 1.807) is 24.3 Å². The molecule has 0 heterocycles. The van der Waals surface area contributed by atoms with Gasteiger partial charge in [0, 0.05) is 6.04 Å². The number of carboxylic acid groups (broad SMARTS) is 1. The molecule has 29 heavy (non-hydrogen) atoms. The molecule has 0 radical (unpaired) electrons. The van der Waals surface area contributed by atoms with Crippen molar-refractivity contribution in [2.24, 2.45) is 0 Å². The Labute approximate surface area is 169 Å². The van der Waals surface area contributed by atoms with Gasteiger partial charge in [-0.3, -0.25) is 0 Å². The summed E-state index contributed by atoms with van der Waals surface area (Å²) in [7, 11) is -3.64. The van der Waals surface area contributed by atoms with Crippen molar-refractivity contribution in [2.75, 3.05) is 6.61 Å². The molecule has 1 aliphatic carbocycles. The van der Waals surface area contributed by atoms with E-state index in [4.69, 9.17) is 9.84 Å². The third-order valence-electron chi connectivity index (χ3n) is 5.14. The van der Waals surface area contributed by atoms with Crippen molar-refractivity contribution < 1.29 is 23.1 Å². The largest absolute Gasteiger partial charge is 0.482 e. The lowest BCUT2D eigenvalue weighted by Gasteiger charge is -2.26. The second kappa shape index (κ2) is 7.85. The van der Waals surface area contributed by atoms with Gasteiger partial charge in [0.15, 0.2) is 6.61 Å². The summed E-state index contributed by atoms with van der Waals surface area (Å²) in [5.41, 5.74) is 1.93. The van der Waals surface area contributed by atoms with E-state index in [1.165, 1.54) is 0 Å². The average molecular weight is 411 g/mol. The predicted molar refractivity (Wildman–Crippen MR) is 110 cm³/mol. The molecule has 150 valence electrons. The highest BCUT2D eigenvalue weighted by Crippen LogP contribution is 2.30. The molecule has 0 fully saturated rings. The standard InChI is InChI=1S/C22H21NO5S/c24-22(25)14-28-21-7-3-6-17-12-18(9-11-20(17)21)23-29(26,27)19-10-8-15-4-1-2-5-16(15)13-19/h1-8,10,13,18,23H,9,11-12,14H2,(H,24,25). The van der Waals surface area contributed by atoms with Crippen molar-refractivity contribution >= 4 is 26.8 Å². The maximum Gasteiger partial charge on any atom is 0.341 e. The molecule has 0 spiro atoms. The lowest BCUT2D eigenvalue weighted by molar-refractivity contribution is -0.139. The van der Waals surface area contributed by atoms with E-state index in [1.807, 2.05) is 36.4 Å². The van der Waals surface area contributed by atoms with E-state index in [-0.39, 0.29) is 10.9 Å². The van der Waals surface area contributed by atoms with E-state index in [2.05, 4.69) is 4.72 Å². The van der Waals surface area contributed by atoms with Crippen LogP contribution in [0.25, 0.3) is 10.8 Å². The second-order valence-electron chi connectivity index (χ2n) is 7.15. The number of hydrogen-bond donors (Lipinski definition) is 2. The van der Waals surface area contributed by atoms with Gasteiger partial charge in [-0.05, 0) is 59.4 Å². The van der Waals surface area contributed by atoms with Crippen molar-refractivity contribution in [1.29, 1.82) is 0 Å². The molecular formula is C22H21NO5S. The van der Waals surface area contributed by atoms with Gasteiger partial charge in [0.25, 0.3) is 0 Å². The van der Waals surface area contributed by atoms with Crippen LogP contribution < -0.4 is 9.46 Å². The fraction of sp³-hybridized carbons (Fsp3) is 0.227. The second-order valence-corrected chi connectivity index (χ2v) is 8.86. The van der Waals surface area contributed by atoms with Crippen LogP contribution in [-0.4, -0.2) is 32.1 Å². The zero-order valence-electron chi connectivity index (χ0n) is 15.7. The van der Waals surface area contributed by atoms with Gasteiger partial charge in [-0.25, -0.2) is 17.9 Å². The van der Waals surface area contributed by atoms with E-state index < -0.39 is 22.6 Å². The number of rotatable bonds is 6. The Bertz CT molecular complexity index is 1170. The van der Waals surface area contributed by atoms with E-state index in [0.29, 0.717) is 25.0 Å². The zero-order valence-corrected chi connectivity index (χ0v) is 16.5. The molecule has 3 aromatic carbocycles. The highest BCUT2D eigenvalue weighted by Gasteiger charge is 2.26. The van der Waals surface area contributed by atoms with Crippen LogP contribution in [0.4, 0.5) is 0 Å². The van der Waals surface area contributed by atoms with Crippen molar-refractivity contribution in [2.45, 2.75) is 30.2 Å². The molecular weight excluding hydrogens is 390 g/mol. The molecule has 6 nitrogen and oxygen atoms in total. The van der Waals surface area contributed by atoms with Crippen molar-refractivity contribution in [3.63, 3.8) is 0 Å². The van der Waals surface area contributed by atoms with Gasteiger partial charge in [0.05, 0.1) is 4.90 Å². The van der Waals surface area contributed by atoms with Crippen molar-refractivity contribution in [3.8, 4) is 5.75 Å². The Kier molecular flexibility index (Phi) is 5.25. The molecule has 1 unspecified atom stereocenters. The fourth-order valence-electron chi connectivity index (χ4n) is 3.77. The third-order valence-corrected chi connectivity index (χ3v) is 6.66. The van der Waals surface area contributed by atoms with E-state index in [0.717, 1.165) is 21.9 Å². The molecule has 1 atom stereocenters. The number of sulfonamides is 1. The third kappa shape index (κ3) is 4.26. The smallest absolute Gasteiger partial charge is 0.341 e. The zero-order chi connectivity index (χ0) is 20.4. The number of hydrogen-bond acceptors (Lipinski definition) is 4. The normalized spacial score (nSPS) is 16.3. The van der Waals surface area contributed by atoms with E-state index in [9.17, 15) is 13.2 Å². The first-order valence-corrected chi connectivity index (χ1v) is 10.9. The summed E-state index contributed by atoms with van der Waals surface area (Å²) in [5.74, 6) is -0.472. The molecule has 0 saturated heterocycles. The van der Waals surface area contributed by atoms with Crippen LogP contribution in [0.5, 0.6) is 5.75 Å². The summed E-state index contributed by atoms with van der Waals surface area (Å²) in [4.78, 5) is 11.0. The monoisotopic (exact) mass is 411 g/mol. The summed E-state index contributed by atoms with van der Waals surface area (Å²) in [6, 6.07) is 18.0. The van der Waals surface area contributed by atoms with Gasteiger partial charge < -0.3 is 9.84 Å². The molecule has 2 N–H and O–H groups in total. The van der Waals surface area contributed by atoms with Crippen LogP contribution >= 0.6 is 0 Å². The van der Waals surface area contributed by atoms with E-state index >= 15 is 0 Å². The first kappa shape index (κ1) is 19.4. The Balaban J connectivity index is 1.52. The summed E-state index contributed by atoms with van der Waals surface area (Å²) in [6.45, 7) is -0.394. The van der Waals surface area contributed by atoms with Crippen LogP contribution in [0.3, 0.4) is 0 Å². The van der Waals surface area contributed by atoms with Gasteiger partial charge in [0.2, 0.25) is 10.0 Å². The molecule has 4 rings (SSSR count). The molecule has 7 heteroatoms. The number of nitrogens with one attached hydrogen (secondary N) is 1. The molecule has 0 aromatic heterocycles. The molecule has 0 saturated carbocycles. The SMILES string of the molecule is O=C(O)COc1cccc2c1CCC(NS(=O)(=O)c1ccc3ccccc3c1)C2. The summed E-state index contributed by atoms with van der Waals surface area (Å²) < 4.78 is 34.0. The minimum atomic E-state index is -3.64. The minimum absolute atomic E-state index is 0.228. The molecule has 0 aliphatic heterocycles. The number of carboxylic acids is 1. The highest BCUT2D eigenvalue weighted by atomic mass is 32.2. The molecule has 3 aromatic rings. The van der Waals surface area contributed by atoms with Crippen molar-refractivity contribution in [1.82, 2.24) is 4.72 Å². The summed E-state index contributed by atoms with van der Waals surface area (Å²) in [6.07, 6.45) is 1.77. The molecule has 1 aliphatic rings. The first-order valence-electron chi connectivity index (χ1n) is 9.39. The van der Waals surface area contributed by atoms with Gasteiger partial charge >= 0.3 is 5.97 Å². The Morgan fingerprint density at radius 2 is 1.86 bits per heavy atom. The lowest BCUT2D eigenvalue weighted by Crippen LogP contribution is -2.38. The van der Waals surface area contributed by atoms with Crippen LogP contribution in [0.1, 0.15) is 17.5 Å². The van der Waals surface area contributed by atoms with Gasteiger partial charge in [-0.2, -0.15) is 0 Å². The first-order chi connectivity index (χ1) is 13.9. The fourth-order valence-corrected chi connectivity index (χ4v) is 5.07. The maximum atomic E-state index is 12.9. The van der Waals surface area contributed by atoms with Crippen molar-refractivity contribution in [3.05, 3.63) is 71.8 Å². The number of carbonyl (C=O) groups is 1. The van der Waals surface area contributed by atoms with Gasteiger partial charge in [0.1, 0.15) is 5.75 Å². The predicted octanol–water partition coefficient (Wildman–Crippen LogP) is 3.14. The number of fused-ring (bicyclic) bond motifs is 2. The lowest BCUT2D eigenvalue weighted by atomic mass is 9.88. The van der Waals surface area contributed by atoms with Crippen LogP contribution in [0, 0.1) is 0 Å². The maximum absolute atomic E-state index is 12.9. The molecule has 0 amide bonds. The minimum Gasteiger partial charge on any atom is -0.482 e. The van der Waals surface area contributed by atoms with Crippen LogP contribution in [0.15, 0.2) is 65.6 Å². The Morgan fingerprint density at radius 3 is 2.66 bits per heavy atom. The number of ether oxygens (including phenoxy) is 1. The van der Waals surface area contributed by atoms with Crippen LogP contribution in [-0.2, 0) is 27.7 Å². The summed E-state index contributed by atoms with van der Waals surface area (Å²) in [5, 5.41) is 10.7. The Morgan fingerprint density at radius 1 is 1.07 bits per heavy atom. The van der Waals surface area contributed by atoms with Gasteiger partial charge in [-0.15, -0.1) is 0 Å². The van der Waals surface area contributed by atoms with Crippen LogP contribution in [0.2, 0.25) is 0 Å². The number of benzene rings is 3. The molecule has 0 bridgehead atoms.